The standard InChI is InChI=1S/C22H22N2O6/c25-18(22(28)29)19-21(27)24(10-11-30-19)17-7-3-6-15(12-17)20(26)23-9-8-14-4-1-2-5-16(14)13-23/h1-7,12,18-19,25H,8-11,13H2,(H,28,29)/t18-,19-/m1/s1. The van der Waals surface area contributed by atoms with Crippen LogP contribution in [0.15, 0.2) is 48.5 Å². The van der Waals surface area contributed by atoms with Crippen molar-refractivity contribution in [3.63, 3.8) is 0 Å². The highest BCUT2D eigenvalue weighted by Gasteiger charge is 2.39. The van der Waals surface area contributed by atoms with Crippen molar-refractivity contribution in [2.45, 2.75) is 25.2 Å². The largest absolute Gasteiger partial charge is 0.479 e. The Hall–Kier alpha value is -3.23. The zero-order valence-corrected chi connectivity index (χ0v) is 16.2. The third-order valence-corrected chi connectivity index (χ3v) is 5.48. The molecule has 8 heteroatoms. The summed E-state index contributed by atoms with van der Waals surface area (Å²) in [7, 11) is 0. The van der Waals surface area contributed by atoms with Gasteiger partial charge in [-0.05, 0) is 35.7 Å². The quantitative estimate of drug-likeness (QED) is 0.781. The van der Waals surface area contributed by atoms with E-state index in [9.17, 15) is 19.5 Å². The summed E-state index contributed by atoms with van der Waals surface area (Å²) >= 11 is 0. The van der Waals surface area contributed by atoms with Gasteiger partial charge in [0.15, 0.2) is 12.2 Å². The van der Waals surface area contributed by atoms with Crippen LogP contribution >= 0.6 is 0 Å². The molecular formula is C22H22N2O6. The lowest BCUT2D eigenvalue weighted by Crippen LogP contribution is -2.54. The van der Waals surface area contributed by atoms with Gasteiger partial charge >= 0.3 is 5.97 Å². The van der Waals surface area contributed by atoms with E-state index in [1.165, 1.54) is 10.5 Å². The van der Waals surface area contributed by atoms with E-state index >= 15 is 0 Å². The Morgan fingerprint density at radius 1 is 1.07 bits per heavy atom. The molecule has 156 valence electrons. The second-order valence-corrected chi connectivity index (χ2v) is 7.36. The van der Waals surface area contributed by atoms with Crippen LogP contribution in [0.3, 0.4) is 0 Å². The minimum atomic E-state index is -1.95. The number of aliphatic carboxylic acids is 1. The van der Waals surface area contributed by atoms with E-state index in [2.05, 4.69) is 6.07 Å². The molecule has 2 aliphatic rings. The molecule has 2 N–H and O–H groups in total. The predicted octanol–water partition coefficient (Wildman–Crippen LogP) is 1.06. The molecule has 0 radical (unpaired) electrons. The number of amides is 2. The summed E-state index contributed by atoms with van der Waals surface area (Å²) in [5, 5.41) is 18.7. The fourth-order valence-electron chi connectivity index (χ4n) is 3.88. The first-order valence-electron chi connectivity index (χ1n) is 9.75. The third kappa shape index (κ3) is 3.79. The van der Waals surface area contributed by atoms with Gasteiger partial charge in [0.2, 0.25) is 0 Å². The lowest BCUT2D eigenvalue weighted by molar-refractivity contribution is -0.163. The van der Waals surface area contributed by atoms with Crippen molar-refractivity contribution in [2.75, 3.05) is 24.6 Å². The van der Waals surface area contributed by atoms with Crippen molar-refractivity contribution in [3.05, 3.63) is 65.2 Å². The van der Waals surface area contributed by atoms with Crippen molar-refractivity contribution in [2.24, 2.45) is 0 Å². The Bertz CT molecular complexity index is 991. The van der Waals surface area contributed by atoms with Crippen LogP contribution in [0.25, 0.3) is 0 Å². The first-order valence-corrected chi connectivity index (χ1v) is 9.75. The number of ether oxygens (including phenoxy) is 1. The van der Waals surface area contributed by atoms with Gasteiger partial charge in [-0.2, -0.15) is 0 Å². The molecule has 0 saturated carbocycles. The second kappa shape index (κ2) is 8.25. The molecule has 0 unspecified atom stereocenters. The molecule has 1 saturated heterocycles. The molecule has 2 amide bonds. The smallest absolute Gasteiger partial charge is 0.335 e. The van der Waals surface area contributed by atoms with Crippen LogP contribution < -0.4 is 4.90 Å². The van der Waals surface area contributed by atoms with Crippen LogP contribution in [0.4, 0.5) is 5.69 Å². The molecular weight excluding hydrogens is 388 g/mol. The number of aliphatic hydroxyl groups excluding tert-OH is 1. The van der Waals surface area contributed by atoms with Gasteiger partial charge in [0.25, 0.3) is 11.8 Å². The molecule has 2 aliphatic heterocycles. The highest BCUT2D eigenvalue weighted by Crippen LogP contribution is 2.24. The molecule has 8 nitrogen and oxygen atoms in total. The fraction of sp³-hybridized carbons (Fsp3) is 0.318. The lowest BCUT2D eigenvalue weighted by Gasteiger charge is -2.34. The Morgan fingerprint density at radius 2 is 1.83 bits per heavy atom. The monoisotopic (exact) mass is 410 g/mol. The maximum atomic E-state index is 13.1. The van der Waals surface area contributed by atoms with E-state index < -0.39 is 24.1 Å². The number of hydrogen-bond donors (Lipinski definition) is 2. The zero-order chi connectivity index (χ0) is 21.3. The minimum Gasteiger partial charge on any atom is -0.479 e. The van der Waals surface area contributed by atoms with Gasteiger partial charge in [-0.25, -0.2) is 4.79 Å². The molecule has 0 spiro atoms. The van der Waals surface area contributed by atoms with Crippen LogP contribution in [-0.2, 0) is 27.3 Å². The molecule has 0 aliphatic carbocycles. The highest BCUT2D eigenvalue weighted by molar-refractivity contribution is 6.01. The van der Waals surface area contributed by atoms with Crippen molar-refractivity contribution < 1.29 is 29.3 Å². The number of carbonyl (C=O) groups is 3. The average Bonchev–Trinajstić information content (AvgIpc) is 2.78. The van der Waals surface area contributed by atoms with E-state index in [1.54, 1.807) is 29.2 Å². The summed E-state index contributed by atoms with van der Waals surface area (Å²) in [5.41, 5.74) is 3.29. The van der Waals surface area contributed by atoms with E-state index in [1.807, 2.05) is 18.2 Å². The number of aliphatic hydroxyl groups is 1. The number of carbonyl (C=O) groups excluding carboxylic acids is 2. The number of rotatable bonds is 4. The Balaban J connectivity index is 1.53. The van der Waals surface area contributed by atoms with Crippen molar-refractivity contribution in [3.8, 4) is 0 Å². The van der Waals surface area contributed by atoms with Crippen molar-refractivity contribution in [1.82, 2.24) is 4.90 Å². The summed E-state index contributed by atoms with van der Waals surface area (Å²) in [4.78, 5) is 39.9. The number of carboxylic acid groups (broad SMARTS) is 1. The van der Waals surface area contributed by atoms with E-state index in [0.29, 0.717) is 24.3 Å². The molecule has 0 bridgehead atoms. The number of hydrogen-bond acceptors (Lipinski definition) is 5. The lowest BCUT2D eigenvalue weighted by atomic mass is 9.99. The minimum absolute atomic E-state index is 0.0851. The first kappa shape index (κ1) is 20.1. The molecule has 4 rings (SSSR count). The van der Waals surface area contributed by atoms with Crippen LogP contribution in [0.2, 0.25) is 0 Å². The normalized spacial score (nSPS) is 19.9. The van der Waals surface area contributed by atoms with Gasteiger partial charge < -0.3 is 24.7 Å². The van der Waals surface area contributed by atoms with E-state index in [0.717, 1.165) is 12.0 Å². The predicted molar refractivity (Wildman–Crippen MR) is 107 cm³/mol. The number of morpholine rings is 1. The summed E-state index contributed by atoms with van der Waals surface area (Å²) in [6, 6.07) is 14.7. The van der Waals surface area contributed by atoms with Crippen LogP contribution in [-0.4, -0.2) is 64.8 Å². The summed E-state index contributed by atoms with van der Waals surface area (Å²) in [6.45, 7) is 1.43. The molecule has 2 heterocycles. The van der Waals surface area contributed by atoms with Gasteiger partial charge in [0, 0.05) is 30.9 Å². The number of benzene rings is 2. The number of anilines is 1. The Kier molecular flexibility index (Phi) is 5.52. The van der Waals surface area contributed by atoms with Crippen LogP contribution in [0.1, 0.15) is 21.5 Å². The maximum Gasteiger partial charge on any atom is 0.335 e. The molecule has 30 heavy (non-hydrogen) atoms. The fourth-order valence-corrected chi connectivity index (χ4v) is 3.88. The van der Waals surface area contributed by atoms with E-state index in [4.69, 9.17) is 9.84 Å². The van der Waals surface area contributed by atoms with Crippen LogP contribution in [0, 0.1) is 0 Å². The second-order valence-electron chi connectivity index (χ2n) is 7.36. The maximum absolute atomic E-state index is 13.1. The highest BCUT2D eigenvalue weighted by atomic mass is 16.5. The molecule has 1 fully saturated rings. The van der Waals surface area contributed by atoms with Gasteiger partial charge in [0.05, 0.1) is 6.61 Å². The molecule has 2 aromatic carbocycles. The van der Waals surface area contributed by atoms with Crippen molar-refractivity contribution in [1.29, 1.82) is 0 Å². The Morgan fingerprint density at radius 3 is 2.60 bits per heavy atom. The number of carboxylic acids is 1. The van der Waals surface area contributed by atoms with Gasteiger partial charge in [-0.3, -0.25) is 9.59 Å². The van der Waals surface area contributed by atoms with Crippen molar-refractivity contribution >= 4 is 23.5 Å². The Labute approximate surface area is 173 Å². The SMILES string of the molecule is O=C(O)[C@H](O)[C@H]1OCCN(c2cccc(C(=O)N3CCc4ccccc4C3)c2)C1=O. The van der Waals surface area contributed by atoms with Gasteiger partial charge in [-0.1, -0.05) is 30.3 Å². The molecule has 0 aromatic heterocycles. The summed E-state index contributed by atoms with van der Waals surface area (Å²) < 4.78 is 5.17. The van der Waals surface area contributed by atoms with Gasteiger partial charge in [0.1, 0.15) is 0 Å². The molecule has 2 atom stereocenters. The summed E-state index contributed by atoms with van der Waals surface area (Å²) in [5.74, 6) is -2.30. The molecule has 2 aromatic rings. The van der Waals surface area contributed by atoms with Crippen LogP contribution in [0.5, 0.6) is 0 Å². The number of fused-ring (bicyclic) bond motifs is 1. The zero-order valence-electron chi connectivity index (χ0n) is 16.2. The number of nitrogens with zero attached hydrogens (tertiary/aromatic N) is 2. The van der Waals surface area contributed by atoms with Gasteiger partial charge in [-0.15, -0.1) is 0 Å². The summed E-state index contributed by atoms with van der Waals surface area (Å²) in [6.07, 6.45) is -2.63. The average molecular weight is 410 g/mol. The van der Waals surface area contributed by atoms with E-state index in [-0.39, 0.29) is 19.1 Å². The topological polar surface area (TPSA) is 107 Å². The third-order valence-electron chi connectivity index (χ3n) is 5.48. The first-order chi connectivity index (χ1) is 14.5.